The lowest BCUT2D eigenvalue weighted by atomic mass is 9.78. The van der Waals surface area contributed by atoms with Gasteiger partial charge in [0.05, 0.1) is 12.3 Å². The summed E-state index contributed by atoms with van der Waals surface area (Å²) in [6, 6.07) is -0.292. The fourth-order valence-corrected chi connectivity index (χ4v) is 6.81. The lowest BCUT2D eigenvalue weighted by Gasteiger charge is -2.36. The minimum Gasteiger partial charge on any atom is -0.350 e. The Kier molecular flexibility index (Phi) is 7.55. The molecule has 4 aliphatic rings. The smallest absolute Gasteiger partial charge is 0.272 e. The zero-order valence-electron chi connectivity index (χ0n) is 23.5. The molecule has 1 aromatic rings. The molecule has 4 amide bonds. The van der Waals surface area contributed by atoms with Gasteiger partial charge in [0.15, 0.2) is 0 Å². The lowest BCUT2D eigenvalue weighted by Crippen LogP contribution is -2.59. The van der Waals surface area contributed by atoms with Crippen molar-refractivity contribution in [2.45, 2.75) is 95.8 Å². The molecule has 3 N–H and O–H groups in total. The maximum Gasteiger partial charge on any atom is 0.272 e. The summed E-state index contributed by atoms with van der Waals surface area (Å²) in [7, 11) is 0. The minimum atomic E-state index is -0.902. The van der Waals surface area contributed by atoms with Gasteiger partial charge < -0.3 is 20.9 Å². The van der Waals surface area contributed by atoms with Crippen molar-refractivity contribution in [2.24, 2.45) is 23.2 Å². The molecule has 40 heavy (non-hydrogen) atoms. The van der Waals surface area contributed by atoms with Gasteiger partial charge in [0.2, 0.25) is 17.7 Å². The third-order valence-corrected chi connectivity index (χ3v) is 9.12. The molecule has 2 aliphatic carbocycles. The fourth-order valence-electron chi connectivity index (χ4n) is 6.81. The van der Waals surface area contributed by atoms with Crippen molar-refractivity contribution in [3.8, 4) is 6.07 Å². The Hall–Kier alpha value is -3.55. The average Bonchev–Trinajstić information content (AvgIpc) is 3.44. The zero-order valence-corrected chi connectivity index (χ0v) is 23.5. The largest absolute Gasteiger partial charge is 0.350 e. The number of rotatable bonds is 7. The van der Waals surface area contributed by atoms with Gasteiger partial charge >= 0.3 is 0 Å². The summed E-state index contributed by atoms with van der Waals surface area (Å²) in [6.45, 7) is 6.04. The Morgan fingerprint density at radius 1 is 1.20 bits per heavy atom. The van der Waals surface area contributed by atoms with Crippen LogP contribution in [0.2, 0.25) is 0 Å². The minimum absolute atomic E-state index is 0.0159. The van der Waals surface area contributed by atoms with Crippen LogP contribution < -0.4 is 16.0 Å². The van der Waals surface area contributed by atoms with Crippen LogP contribution in [0.1, 0.15) is 82.6 Å². The number of fused-ring (bicyclic) bond motifs is 1. The number of hydrogen-bond donors (Lipinski definition) is 3. The molecule has 0 aromatic carbocycles. The van der Waals surface area contributed by atoms with Crippen LogP contribution in [0.25, 0.3) is 0 Å². The van der Waals surface area contributed by atoms with Crippen molar-refractivity contribution in [1.29, 1.82) is 5.26 Å². The number of carbonyl (C=O) groups is 4. The second kappa shape index (κ2) is 10.8. The van der Waals surface area contributed by atoms with Crippen LogP contribution in [-0.2, 0) is 14.4 Å². The van der Waals surface area contributed by atoms with Gasteiger partial charge in [0.1, 0.15) is 23.8 Å². The predicted octanol–water partition coefficient (Wildman–Crippen LogP) is 1.71. The Morgan fingerprint density at radius 2 is 1.95 bits per heavy atom. The van der Waals surface area contributed by atoms with Crippen molar-refractivity contribution < 1.29 is 19.2 Å². The van der Waals surface area contributed by atoms with E-state index in [1.807, 2.05) is 20.8 Å². The van der Waals surface area contributed by atoms with Gasteiger partial charge in [-0.05, 0) is 55.8 Å². The fraction of sp³-hybridized carbons (Fsp3) is 0.690. The highest BCUT2D eigenvalue weighted by Crippen LogP contribution is 2.46. The van der Waals surface area contributed by atoms with Crippen molar-refractivity contribution in [3.05, 3.63) is 24.3 Å². The van der Waals surface area contributed by atoms with Gasteiger partial charge in [-0.15, -0.1) is 0 Å². The Morgan fingerprint density at radius 3 is 2.58 bits per heavy atom. The van der Waals surface area contributed by atoms with E-state index in [1.54, 1.807) is 4.90 Å². The summed E-state index contributed by atoms with van der Waals surface area (Å²) in [5.74, 6) is -1.38. The quantitative estimate of drug-likeness (QED) is 0.467. The van der Waals surface area contributed by atoms with Crippen LogP contribution in [0.4, 0.5) is 0 Å². The number of likely N-dealkylation sites (tertiary alicyclic amines) is 1. The summed E-state index contributed by atoms with van der Waals surface area (Å²) in [5, 5.41) is 18.7. The predicted molar refractivity (Wildman–Crippen MR) is 144 cm³/mol. The first-order chi connectivity index (χ1) is 19.0. The molecule has 6 unspecified atom stereocenters. The SMILES string of the molecule is CC(C)(C)C(NC(=O)c1cnccn1)C(=O)N1CC2CCCCC2C1C(=O)NC(C#N)CC1CC2(CC2)NC1=O. The van der Waals surface area contributed by atoms with Gasteiger partial charge in [-0.1, -0.05) is 33.6 Å². The Balaban J connectivity index is 1.34. The molecule has 11 nitrogen and oxygen atoms in total. The molecular weight excluding hydrogens is 510 g/mol. The average molecular weight is 550 g/mol. The molecule has 214 valence electrons. The molecule has 1 spiro atoms. The van der Waals surface area contributed by atoms with Gasteiger partial charge in [-0.25, -0.2) is 4.98 Å². The van der Waals surface area contributed by atoms with E-state index in [4.69, 9.17) is 0 Å². The maximum absolute atomic E-state index is 14.1. The molecule has 3 heterocycles. The topological polar surface area (TPSA) is 157 Å². The molecule has 6 atom stereocenters. The normalized spacial score (nSPS) is 28.1. The van der Waals surface area contributed by atoms with E-state index in [0.717, 1.165) is 38.5 Å². The van der Waals surface area contributed by atoms with E-state index in [2.05, 4.69) is 32.0 Å². The first-order valence-corrected chi connectivity index (χ1v) is 14.4. The highest BCUT2D eigenvalue weighted by Gasteiger charge is 2.53. The van der Waals surface area contributed by atoms with Crippen molar-refractivity contribution in [1.82, 2.24) is 30.8 Å². The number of nitrogens with zero attached hydrogens (tertiary/aromatic N) is 4. The molecule has 0 radical (unpaired) electrons. The van der Waals surface area contributed by atoms with Crippen LogP contribution in [0.3, 0.4) is 0 Å². The van der Waals surface area contributed by atoms with Crippen molar-refractivity contribution in [3.63, 3.8) is 0 Å². The standard InChI is InChI=1S/C29H39N7O4/c1-28(2,3)23(34-25(38)21-15-31-10-11-32-21)27(40)36-16-17-6-4-5-7-20(17)22(36)26(39)33-19(14-30)12-18-13-29(8-9-29)35-24(18)37/h10-11,15,17-20,22-23H,4-9,12-13,16H2,1-3H3,(H,33,39)(H,34,38)(H,35,37). The molecule has 1 aromatic heterocycles. The van der Waals surface area contributed by atoms with E-state index < -0.39 is 29.4 Å². The summed E-state index contributed by atoms with van der Waals surface area (Å²) in [4.78, 5) is 63.1. The van der Waals surface area contributed by atoms with Crippen LogP contribution >= 0.6 is 0 Å². The van der Waals surface area contributed by atoms with Crippen molar-refractivity contribution >= 4 is 23.6 Å². The third-order valence-electron chi connectivity index (χ3n) is 9.12. The first kappa shape index (κ1) is 28.0. The lowest BCUT2D eigenvalue weighted by molar-refractivity contribution is -0.143. The Bertz CT molecular complexity index is 1200. The number of amides is 4. The van der Waals surface area contributed by atoms with Crippen LogP contribution in [0, 0.1) is 34.5 Å². The number of hydrogen-bond acceptors (Lipinski definition) is 7. The Labute approximate surface area is 234 Å². The summed E-state index contributed by atoms with van der Waals surface area (Å²) in [6.07, 6.45) is 10.9. The van der Waals surface area contributed by atoms with Gasteiger partial charge in [-0.2, -0.15) is 5.26 Å². The number of nitriles is 1. The van der Waals surface area contributed by atoms with E-state index in [0.29, 0.717) is 13.0 Å². The molecular formula is C29H39N7O4. The summed E-state index contributed by atoms with van der Waals surface area (Å²) >= 11 is 0. The van der Waals surface area contributed by atoms with E-state index >= 15 is 0 Å². The summed E-state index contributed by atoms with van der Waals surface area (Å²) in [5.41, 5.74) is -0.643. The molecule has 2 saturated heterocycles. The number of nitrogens with one attached hydrogen (secondary N) is 3. The zero-order chi connectivity index (χ0) is 28.7. The molecule has 5 rings (SSSR count). The molecule has 2 saturated carbocycles. The highest BCUT2D eigenvalue weighted by atomic mass is 16.2. The molecule has 0 bridgehead atoms. The molecule has 11 heteroatoms. The van der Waals surface area contributed by atoms with Crippen LogP contribution in [0.15, 0.2) is 18.6 Å². The third kappa shape index (κ3) is 5.67. The molecule has 4 fully saturated rings. The monoisotopic (exact) mass is 549 g/mol. The van der Waals surface area contributed by atoms with Gasteiger partial charge in [0.25, 0.3) is 5.91 Å². The van der Waals surface area contributed by atoms with Gasteiger partial charge in [-0.3, -0.25) is 24.2 Å². The van der Waals surface area contributed by atoms with Gasteiger partial charge in [0, 0.05) is 30.4 Å². The van der Waals surface area contributed by atoms with E-state index in [9.17, 15) is 24.4 Å². The second-order valence-electron chi connectivity index (χ2n) is 13.1. The highest BCUT2D eigenvalue weighted by molar-refractivity contribution is 5.97. The molecule has 2 aliphatic heterocycles. The number of carbonyl (C=O) groups excluding carboxylic acids is 4. The maximum atomic E-state index is 14.1. The second-order valence-corrected chi connectivity index (χ2v) is 13.1. The van der Waals surface area contributed by atoms with Crippen LogP contribution in [0.5, 0.6) is 0 Å². The van der Waals surface area contributed by atoms with Crippen LogP contribution in [-0.4, -0.2) is 68.7 Å². The van der Waals surface area contributed by atoms with E-state index in [1.165, 1.54) is 18.6 Å². The first-order valence-electron chi connectivity index (χ1n) is 14.4. The van der Waals surface area contributed by atoms with E-state index in [-0.39, 0.29) is 53.1 Å². The summed E-state index contributed by atoms with van der Waals surface area (Å²) < 4.78 is 0. The van der Waals surface area contributed by atoms with Crippen molar-refractivity contribution in [2.75, 3.05) is 6.54 Å². The number of aromatic nitrogens is 2.